The highest BCUT2D eigenvalue weighted by Gasteiger charge is 2.36. The molecule has 5 nitrogen and oxygen atoms in total. The van der Waals surface area contributed by atoms with Crippen LogP contribution in [0.2, 0.25) is 10.0 Å². The van der Waals surface area contributed by atoms with E-state index in [1.807, 2.05) is 32.0 Å². The fourth-order valence-electron chi connectivity index (χ4n) is 3.07. The molecule has 1 aromatic carbocycles. The summed E-state index contributed by atoms with van der Waals surface area (Å²) in [7, 11) is 3.47. The van der Waals surface area contributed by atoms with Crippen molar-refractivity contribution in [3.63, 3.8) is 0 Å². The van der Waals surface area contributed by atoms with Crippen molar-refractivity contribution in [3.8, 4) is 0 Å². The minimum atomic E-state index is -0.270. The predicted molar refractivity (Wildman–Crippen MR) is 109 cm³/mol. The zero-order chi connectivity index (χ0) is 19.2. The van der Waals surface area contributed by atoms with Gasteiger partial charge in [-0.1, -0.05) is 29.3 Å². The Morgan fingerprint density at radius 3 is 2.54 bits per heavy atom. The molecule has 0 saturated carbocycles. The average molecular weight is 402 g/mol. The quantitative estimate of drug-likeness (QED) is 0.564. The van der Waals surface area contributed by atoms with Gasteiger partial charge in [-0.05, 0) is 44.4 Å². The maximum Gasteiger partial charge on any atom is 0.191 e. The van der Waals surface area contributed by atoms with E-state index in [9.17, 15) is 0 Å². The number of hydrogen-bond acceptors (Lipinski definition) is 3. The van der Waals surface area contributed by atoms with E-state index in [0.29, 0.717) is 36.3 Å². The maximum atomic E-state index is 6.53. The molecular formula is C19H29Cl2N3O2. The first-order chi connectivity index (χ1) is 12.3. The van der Waals surface area contributed by atoms with E-state index in [1.165, 1.54) is 0 Å². The first-order valence-electron chi connectivity index (χ1n) is 8.85. The Balaban J connectivity index is 2.13. The monoisotopic (exact) mass is 401 g/mol. The van der Waals surface area contributed by atoms with E-state index in [0.717, 1.165) is 24.4 Å². The summed E-state index contributed by atoms with van der Waals surface area (Å²) in [5.74, 6) is 0.742. The Bertz CT molecular complexity index is 629. The van der Waals surface area contributed by atoms with Gasteiger partial charge in [0.25, 0.3) is 0 Å². The molecule has 0 atom stereocenters. The van der Waals surface area contributed by atoms with Crippen LogP contribution in [-0.2, 0) is 14.9 Å². The average Bonchev–Trinajstić information content (AvgIpc) is 2.62. The third-order valence-corrected chi connectivity index (χ3v) is 5.55. The van der Waals surface area contributed by atoms with E-state index in [-0.39, 0.29) is 11.0 Å². The van der Waals surface area contributed by atoms with E-state index >= 15 is 0 Å². The van der Waals surface area contributed by atoms with Crippen LogP contribution in [0.3, 0.4) is 0 Å². The van der Waals surface area contributed by atoms with Crippen molar-refractivity contribution in [2.75, 3.05) is 40.5 Å². The van der Waals surface area contributed by atoms with E-state index in [2.05, 4.69) is 15.6 Å². The lowest BCUT2D eigenvalue weighted by Gasteiger charge is -2.39. The molecule has 2 N–H and O–H groups in total. The third kappa shape index (κ3) is 5.49. The molecule has 0 spiro atoms. The number of aliphatic imine (C=N–C) groups is 1. The molecule has 2 rings (SSSR count). The number of nitrogens with one attached hydrogen (secondary N) is 2. The van der Waals surface area contributed by atoms with E-state index in [1.54, 1.807) is 14.2 Å². The Labute approximate surface area is 166 Å². The van der Waals surface area contributed by atoms with E-state index < -0.39 is 0 Å². The number of rotatable bonds is 6. The zero-order valence-corrected chi connectivity index (χ0v) is 17.5. The van der Waals surface area contributed by atoms with Crippen LogP contribution < -0.4 is 10.6 Å². The van der Waals surface area contributed by atoms with Crippen molar-refractivity contribution in [1.29, 1.82) is 0 Å². The molecule has 1 aromatic rings. The van der Waals surface area contributed by atoms with Crippen molar-refractivity contribution < 1.29 is 9.47 Å². The maximum absolute atomic E-state index is 6.53. The van der Waals surface area contributed by atoms with Gasteiger partial charge in [-0.2, -0.15) is 0 Å². The summed E-state index contributed by atoms with van der Waals surface area (Å²) < 4.78 is 11.0. The van der Waals surface area contributed by atoms with Crippen LogP contribution >= 0.6 is 23.2 Å². The van der Waals surface area contributed by atoms with Gasteiger partial charge in [0.1, 0.15) is 0 Å². The van der Waals surface area contributed by atoms with Crippen LogP contribution in [0, 0.1) is 0 Å². The van der Waals surface area contributed by atoms with Crippen LogP contribution in [0.5, 0.6) is 0 Å². The topological polar surface area (TPSA) is 54.9 Å². The molecule has 146 valence electrons. The van der Waals surface area contributed by atoms with Crippen LogP contribution in [-0.4, -0.2) is 52.0 Å². The number of benzene rings is 1. The summed E-state index contributed by atoms with van der Waals surface area (Å²) in [6.07, 6.45) is 1.78. The molecule has 0 amide bonds. The smallest absolute Gasteiger partial charge is 0.191 e. The Morgan fingerprint density at radius 1 is 1.27 bits per heavy atom. The molecule has 0 aromatic heterocycles. The molecular weight excluding hydrogens is 373 g/mol. The zero-order valence-electron chi connectivity index (χ0n) is 16.0. The fraction of sp³-hybridized carbons (Fsp3) is 0.632. The predicted octanol–water partition coefficient (Wildman–Crippen LogP) is 3.63. The summed E-state index contributed by atoms with van der Waals surface area (Å²) >= 11 is 12.6. The van der Waals surface area contributed by atoms with E-state index in [4.69, 9.17) is 32.7 Å². The lowest BCUT2D eigenvalue weighted by molar-refractivity contribution is 0.0267. The number of guanidine groups is 1. The Morgan fingerprint density at radius 2 is 1.96 bits per heavy atom. The number of hydrogen-bond donors (Lipinski definition) is 2. The summed E-state index contributed by atoms with van der Waals surface area (Å²) in [6, 6.07) is 5.74. The standard InChI is InChI=1S/C19H29Cl2N3O2/c1-18(2,25-4)12-23-17(22-3)24-13-19(7-9-26-10-8-19)15-6-5-14(20)11-16(15)21/h5-6,11H,7-10,12-13H2,1-4H3,(H2,22,23,24). The van der Waals surface area contributed by atoms with Crippen molar-refractivity contribution in [2.45, 2.75) is 37.7 Å². The minimum Gasteiger partial charge on any atom is -0.381 e. The van der Waals surface area contributed by atoms with Gasteiger partial charge in [0.15, 0.2) is 5.96 Å². The minimum absolute atomic E-state index is 0.117. The first-order valence-corrected chi connectivity index (χ1v) is 9.60. The molecule has 0 unspecified atom stereocenters. The lowest BCUT2D eigenvalue weighted by Crippen LogP contribution is -2.50. The molecule has 26 heavy (non-hydrogen) atoms. The van der Waals surface area contributed by atoms with Crippen molar-refractivity contribution >= 4 is 29.2 Å². The summed E-state index contributed by atoms with van der Waals surface area (Å²) in [5.41, 5.74) is 0.717. The highest BCUT2D eigenvalue weighted by atomic mass is 35.5. The molecule has 1 aliphatic heterocycles. The van der Waals surface area contributed by atoms with Gasteiger partial charge in [0, 0.05) is 55.9 Å². The number of nitrogens with zero attached hydrogens (tertiary/aromatic N) is 1. The SMILES string of the molecule is CN=C(NCC(C)(C)OC)NCC1(c2ccc(Cl)cc2Cl)CCOCC1. The number of halogens is 2. The highest BCUT2D eigenvalue weighted by molar-refractivity contribution is 6.35. The molecule has 0 aliphatic carbocycles. The van der Waals surface area contributed by atoms with Crippen molar-refractivity contribution in [1.82, 2.24) is 10.6 Å². The number of ether oxygens (including phenoxy) is 2. The second kappa shape index (κ2) is 9.27. The molecule has 1 heterocycles. The second-order valence-corrected chi connectivity index (χ2v) is 8.10. The highest BCUT2D eigenvalue weighted by Crippen LogP contribution is 2.39. The lowest BCUT2D eigenvalue weighted by atomic mass is 9.74. The summed E-state index contributed by atoms with van der Waals surface area (Å²) in [6.45, 7) is 6.85. The Kier molecular flexibility index (Phi) is 7.59. The van der Waals surface area contributed by atoms with Crippen LogP contribution in [0.1, 0.15) is 32.3 Å². The molecule has 1 fully saturated rings. The molecule has 0 bridgehead atoms. The van der Waals surface area contributed by atoms with Gasteiger partial charge < -0.3 is 20.1 Å². The normalized spacial score (nSPS) is 17.8. The van der Waals surface area contributed by atoms with Gasteiger partial charge in [0.05, 0.1) is 5.60 Å². The fourth-order valence-corrected chi connectivity index (χ4v) is 3.67. The van der Waals surface area contributed by atoms with Crippen LogP contribution in [0.25, 0.3) is 0 Å². The van der Waals surface area contributed by atoms with Crippen molar-refractivity contribution in [2.24, 2.45) is 4.99 Å². The molecule has 1 aliphatic rings. The largest absolute Gasteiger partial charge is 0.381 e. The second-order valence-electron chi connectivity index (χ2n) is 7.26. The number of methoxy groups -OCH3 is 1. The Hall–Kier alpha value is -1.01. The summed E-state index contributed by atoms with van der Waals surface area (Å²) in [4.78, 5) is 4.32. The van der Waals surface area contributed by atoms with Gasteiger partial charge in [-0.25, -0.2) is 0 Å². The third-order valence-electron chi connectivity index (χ3n) is 5.00. The van der Waals surface area contributed by atoms with Gasteiger partial charge in [-0.3, -0.25) is 4.99 Å². The summed E-state index contributed by atoms with van der Waals surface area (Å²) in [5, 5.41) is 8.12. The van der Waals surface area contributed by atoms with Crippen LogP contribution in [0.15, 0.2) is 23.2 Å². The molecule has 0 radical (unpaired) electrons. The van der Waals surface area contributed by atoms with Crippen LogP contribution in [0.4, 0.5) is 0 Å². The first kappa shape index (κ1) is 21.3. The van der Waals surface area contributed by atoms with Crippen molar-refractivity contribution in [3.05, 3.63) is 33.8 Å². The van der Waals surface area contributed by atoms with Gasteiger partial charge >= 0.3 is 0 Å². The van der Waals surface area contributed by atoms with Gasteiger partial charge in [0.2, 0.25) is 0 Å². The van der Waals surface area contributed by atoms with Gasteiger partial charge in [-0.15, -0.1) is 0 Å². The molecule has 1 saturated heterocycles. The molecule has 7 heteroatoms.